The van der Waals surface area contributed by atoms with Crippen molar-refractivity contribution in [3.8, 4) is 0 Å². The molecule has 17 heavy (non-hydrogen) atoms. The van der Waals surface area contributed by atoms with Gasteiger partial charge in [-0.3, -0.25) is 0 Å². The van der Waals surface area contributed by atoms with Gasteiger partial charge in [-0.25, -0.2) is 4.79 Å². The van der Waals surface area contributed by atoms with Crippen LogP contribution < -0.4 is 5.32 Å². The summed E-state index contributed by atoms with van der Waals surface area (Å²) in [4.78, 5) is 11.0. The summed E-state index contributed by atoms with van der Waals surface area (Å²) in [6.07, 6.45) is 2.04. The van der Waals surface area contributed by atoms with Crippen molar-refractivity contribution in [1.29, 1.82) is 0 Å². The number of hydrogen-bond donors (Lipinski definition) is 1. The summed E-state index contributed by atoms with van der Waals surface area (Å²) in [6.45, 7) is 7.31. The number of esters is 1. The Morgan fingerprint density at radius 2 is 2.12 bits per heavy atom. The van der Waals surface area contributed by atoms with E-state index in [2.05, 4.69) is 12.2 Å². The van der Waals surface area contributed by atoms with Gasteiger partial charge in [0.05, 0.1) is 13.2 Å². The summed E-state index contributed by atoms with van der Waals surface area (Å²) < 4.78 is 15.3. The van der Waals surface area contributed by atoms with Crippen LogP contribution in [0.2, 0.25) is 0 Å². The molecule has 0 aromatic heterocycles. The molecular weight excluding hydrogens is 222 g/mol. The Bertz CT molecular complexity index is 227. The second kappa shape index (κ2) is 7.63. The van der Waals surface area contributed by atoms with E-state index in [1.54, 1.807) is 6.92 Å². The molecule has 1 aliphatic rings. The van der Waals surface area contributed by atoms with Gasteiger partial charge in [0, 0.05) is 25.3 Å². The molecular formula is C12H23NO4. The number of hydrogen-bond acceptors (Lipinski definition) is 5. The third-order valence-corrected chi connectivity index (χ3v) is 2.92. The number of nitrogens with one attached hydrogen (secondary N) is 1. The lowest BCUT2D eigenvalue weighted by atomic mass is 9.93. The molecule has 1 heterocycles. The lowest BCUT2D eigenvalue weighted by Crippen LogP contribution is -2.47. The monoisotopic (exact) mass is 245 g/mol. The zero-order valence-corrected chi connectivity index (χ0v) is 10.8. The van der Waals surface area contributed by atoms with Crippen LogP contribution in [-0.2, 0) is 19.0 Å². The van der Waals surface area contributed by atoms with Gasteiger partial charge in [-0.2, -0.15) is 0 Å². The van der Waals surface area contributed by atoms with Crippen LogP contribution in [-0.4, -0.2) is 51.1 Å². The molecule has 1 N–H and O–H groups in total. The molecule has 0 atom stereocenters. The largest absolute Gasteiger partial charge is 0.464 e. The molecule has 0 aliphatic carbocycles. The third-order valence-electron chi connectivity index (χ3n) is 2.92. The first-order valence-electron chi connectivity index (χ1n) is 6.22. The van der Waals surface area contributed by atoms with Gasteiger partial charge in [0.15, 0.2) is 0 Å². The van der Waals surface area contributed by atoms with Gasteiger partial charge < -0.3 is 19.5 Å². The van der Waals surface area contributed by atoms with Crippen LogP contribution in [0.1, 0.15) is 26.7 Å². The Hall–Kier alpha value is -0.650. The minimum atomic E-state index is -0.301. The minimum Gasteiger partial charge on any atom is -0.464 e. The molecule has 0 aromatic carbocycles. The SMILES string of the molecule is CCOC(=O)COCCNC1(C)CCOCC1. The second-order valence-corrected chi connectivity index (χ2v) is 4.46. The van der Waals surface area contributed by atoms with Crippen molar-refractivity contribution in [1.82, 2.24) is 5.32 Å². The molecule has 1 aliphatic heterocycles. The van der Waals surface area contributed by atoms with Gasteiger partial charge in [0.2, 0.25) is 0 Å². The first-order valence-corrected chi connectivity index (χ1v) is 6.22. The van der Waals surface area contributed by atoms with Crippen LogP contribution in [0, 0.1) is 0 Å². The molecule has 0 unspecified atom stereocenters. The zero-order chi connectivity index (χ0) is 12.6. The van der Waals surface area contributed by atoms with Crippen LogP contribution in [0.15, 0.2) is 0 Å². The summed E-state index contributed by atoms with van der Waals surface area (Å²) in [5.41, 5.74) is 0.144. The third kappa shape index (κ3) is 6.00. The number of carbonyl (C=O) groups is 1. The highest BCUT2D eigenvalue weighted by atomic mass is 16.6. The van der Waals surface area contributed by atoms with E-state index < -0.39 is 0 Å². The number of carbonyl (C=O) groups excluding carboxylic acids is 1. The Labute approximate surface area is 103 Å². The molecule has 5 heteroatoms. The van der Waals surface area contributed by atoms with E-state index in [-0.39, 0.29) is 18.1 Å². The summed E-state index contributed by atoms with van der Waals surface area (Å²) >= 11 is 0. The molecule has 1 rings (SSSR count). The van der Waals surface area contributed by atoms with Gasteiger partial charge in [0.1, 0.15) is 6.61 Å². The fourth-order valence-corrected chi connectivity index (χ4v) is 1.78. The Morgan fingerprint density at radius 3 is 2.76 bits per heavy atom. The fourth-order valence-electron chi connectivity index (χ4n) is 1.78. The van der Waals surface area contributed by atoms with E-state index in [0.717, 1.165) is 32.6 Å². The maximum absolute atomic E-state index is 11.0. The predicted molar refractivity (Wildman–Crippen MR) is 63.9 cm³/mol. The summed E-state index contributed by atoms with van der Waals surface area (Å²) in [7, 11) is 0. The second-order valence-electron chi connectivity index (χ2n) is 4.46. The number of ether oxygens (including phenoxy) is 3. The molecule has 0 bridgehead atoms. The molecule has 0 saturated carbocycles. The standard InChI is InChI=1S/C12H23NO4/c1-3-17-11(14)10-16-9-6-13-12(2)4-7-15-8-5-12/h13H,3-10H2,1-2H3. The zero-order valence-electron chi connectivity index (χ0n) is 10.8. The topological polar surface area (TPSA) is 56.8 Å². The maximum atomic E-state index is 11.0. The van der Waals surface area contributed by atoms with E-state index in [0.29, 0.717) is 13.2 Å². The summed E-state index contributed by atoms with van der Waals surface area (Å²) in [6, 6.07) is 0. The van der Waals surface area contributed by atoms with Crippen LogP contribution in [0.4, 0.5) is 0 Å². The minimum absolute atomic E-state index is 0.0370. The predicted octanol–water partition coefficient (Wildman–Crippen LogP) is 0.725. The van der Waals surface area contributed by atoms with Crippen molar-refractivity contribution in [2.75, 3.05) is 39.6 Å². The van der Waals surface area contributed by atoms with Crippen LogP contribution in [0.25, 0.3) is 0 Å². The molecule has 0 aromatic rings. The molecule has 1 fully saturated rings. The van der Waals surface area contributed by atoms with E-state index in [9.17, 15) is 4.79 Å². The normalized spacial score (nSPS) is 18.9. The van der Waals surface area contributed by atoms with Gasteiger partial charge in [-0.1, -0.05) is 0 Å². The van der Waals surface area contributed by atoms with Gasteiger partial charge in [-0.05, 0) is 26.7 Å². The first kappa shape index (κ1) is 14.4. The van der Waals surface area contributed by atoms with Crippen molar-refractivity contribution in [3.05, 3.63) is 0 Å². The van der Waals surface area contributed by atoms with Crippen molar-refractivity contribution in [2.45, 2.75) is 32.2 Å². The van der Waals surface area contributed by atoms with E-state index in [4.69, 9.17) is 14.2 Å². The van der Waals surface area contributed by atoms with Crippen LogP contribution >= 0.6 is 0 Å². The van der Waals surface area contributed by atoms with Crippen molar-refractivity contribution >= 4 is 5.97 Å². The van der Waals surface area contributed by atoms with Gasteiger partial charge >= 0.3 is 5.97 Å². The molecule has 0 amide bonds. The average molecular weight is 245 g/mol. The molecule has 0 radical (unpaired) electrons. The molecule has 5 nitrogen and oxygen atoms in total. The molecule has 1 saturated heterocycles. The quantitative estimate of drug-likeness (QED) is 0.529. The van der Waals surface area contributed by atoms with Crippen LogP contribution in [0.5, 0.6) is 0 Å². The van der Waals surface area contributed by atoms with E-state index in [1.807, 2.05) is 0 Å². The lowest BCUT2D eigenvalue weighted by molar-refractivity contribution is -0.148. The van der Waals surface area contributed by atoms with Crippen molar-refractivity contribution in [2.24, 2.45) is 0 Å². The van der Waals surface area contributed by atoms with E-state index >= 15 is 0 Å². The van der Waals surface area contributed by atoms with Crippen molar-refractivity contribution in [3.63, 3.8) is 0 Å². The average Bonchev–Trinajstić information content (AvgIpc) is 2.30. The van der Waals surface area contributed by atoms with Crippen LogP contribution in [0.3, 0.4) is 0 Å². The number of rotatable bonds is 7. The first-order chi connectivity index (χ1) is 8.16. The Balaban J connectivity index is 2.01. The van der Waals surface area contributed by atoms with Gasteiger partial charge in [-0.15, -0.1) is 0 Å². The lowest BCUT2D eigenvalue weighted by Gasteiger charge is -2.34. The Kier molecular flexibility index (Phi) is 6.47. The maximum Gasteiger partial charge on any atom is 0.332 e. The Morgan fingerprint density at radius 1 is 1.41 bits per heavy atom. The smallest absolute Gasteiger partial charge is 0.332 e. The fraction of sp³-hybridized carbons (Fsp3) is 0.917. The summed E-state index contributed by atoms with van der Waals surface area (Å²) in [5.74, 6) is -0.301. The summed E-state index contributed by atoms with van der Waals surface area (Å²) in [5, 5.41) is 3.45. The van der Waals surface area contributed by atoms with Crippen molar-refractivity contribution < 1.29 is 19.0 Å². The highest BCUT2D eigenvalue weighted by Crippen LogP contribution is 2.18. The highest BCUT2D eigenvalue weighted by molar-refractivity contribution is 5.70. The molecule has 100 valence electrons. The van der Waals surface area contributed by atoms with E-state index in [1.165, 1.54) is 0 Å². The highest BCUT2D eigenvalue weighted by Gasteiger charge is 2.25. The molecule has 0 spiro atoms. The van der Waals surface area contributed by atoms with Gasteiger partial charge in [0.25, 0.3) is 0 Å².